The van der Waals surface area contributed by atoms with E-state index in [9.17, 15) is 9.90 Å². The van der Waals surface area contributed by atoms with Crippen molar-refractivity contribution in [2.24, 2.45) is 5.92 Å². The van der Waals surface area contributed by atoms with Crippen molar-refractivity contribution in [3.8, 4) is 0 Å². The molecular formula is C16H21NO2. The molecule has 0 saturated heterocycles. The second-order valence-electron chi connectivity index (χ2n) is 5.77. The minimum atomic E-state index is -0.350. The maximum absolute atomic E-state index is 12.4. The predicted molar refractivity (Wildman–Crippen MR) is 74.0 cm³/mol. The van der Waals surface area contributed by atoms with Gasteiger partial charge in [-0.3, -0.25) is 4.79 Å². The number of hydrogen-bond acceptors (Lipinski definition) is 2. The number of aliphatic hydroxyl groups excluding tert-OH is 1. The number of nitrogens with zero attached hydrogens (tertiary/aromatic N) is 1. The Hall–Kier alpha value is -1.35. The molecular weight excluding hydrogens is 238 g/mol. The zero-order valence-corrected chi connectivity index (χ0v) is 11.2. The molecule has 1 saturated carbocycles. The van der Waals surface area contributed by atoms with Gasteiger partial charge in [0.1, 0.15) is 0 Å². The number of amides is 1. The highest BCUT2D eigenvalue weighted by Crippen LogP contribution is 2.29. The standard InChI is InChI=1S/C16H21NO2/c18-15(13-6-1-2-7-13)11-17-10-9-12-5-3-4-8-14(12)16(17)19/h3-5,8,13,15,18H,1-2,6-7,9-11H2. The first kappa shape index (κ1) is 12.7. The van der Waals surface area contributed by atoms with Gasteiger partial charge in [-0.15, -0.1) is 0 Å². The smallest absolute Gasteiger partial charge is 0.254 e. The highest BCUT2D eigenvalue weighted by Gasteiger charge is 2.29. The minimum Gasteiger partial charge on any atom is -0.391 e. The Morgan fingerprint density at radius 3 is 2.79 bits per heavy atom. The average molecular weight is 259 g/mol. The molecule has 3 rings (SSSR count). The van der Waals surface area contributed by atoms with Gasteiger partial charge in [-0.2, -0.15) is 0 Å². The van der Waals surface area contributed by atoms with Crippen LogP contribution in [0.2, 0.25) is 0 Å². The Balaban J connectivity index is 1.68. The Kier molecular flexibility index (Phi) is 3.56. The number of carbonyl (C=O) groups excluding carboxylic acids is 1. The number of β-amino-alcohol motifs (C(OH)–C–C–N with tert-alkyl or cyclic N) is 1. The van der Waals surface area contributed by atoms with Crippen LogP contribution in [0.5, 0.6) is 0 Å². The van der Waals surface area contributed by atoms with Gasteiger partial charge < -0.3 is 10.0 Å². The van der Waals surface area contributed by atoms with E-state index in [1.165, 1.54) is 12.8 Å². The van der Waals surface area contributed by atoms with Crippen molar-refractivity contribution in [1.82, 2.24) is 4.90 Å². The molecule has 0 bridgehead atoms. The van der Waals surface area contributed by atoms with E-state index < -0.39 is 0 Å². The maximum atomic E-state index is 12.4. The van der Waals surface area contributed by atoms with Crippen molar-refractivity contribution in [2.75, 3.05) is 13.1 Å². The van der Waals surface area contributed by atoms with E-state index >= 15 is 0 Å². The van der Waals surface area contributed by atoms with Crippen LogP contribution in [0.4, 0.5) is 0 Å². The van der Waals surface area contributed by atoms with Gasteiger partial charge in [0.25, 0.3) is 5.91 Å². The number of aliphatic hydroxyl groups is 1. The monoisotopic (exact) mass is 259 g/mol. The van der Waals surface area contributed by atoms with Gasteiger partial charge in [0.2, 0.25) is 0 Å². The summed E-state index contributed by atoms with van der Waals surface area (Å²) in [5.41, 5.74) is 1.95. The van der Waals surface area contributed by atoms with Crippen molar-refractivity contribution < 1.29 is 9.90 Å². The summed E-state index contributed by atoms with van der Waals surface area (Å²) >= 11 is 0. The summed E-state index contributed by atoms with van der Waals surface area (Å²) in [5, 5.41) is 10.3. The molecule has 3 heteroatoms. The summed E-state index contributed by atoms with van der Waals surface area (Å²) in [7, 11) is 0. The zero-order chi connectivity index (χ0) is 13.2. The van der Waals surface area contributed by atoms with Crippen LogP contribution in [0.3, 0.4) is 0 Å². The van der Waals surface area contributed by atoms with Crippen LogP contribution in [0, 0.1) is 5.92 Å². The van der Waals surface area contributed by atoms with Crippen molar-refractivity contribution in [1.29, 1.82) is 0 Å². The van der Waals surface area contributed by atoms with E-state index in [0.29, 0.717) is 12.5 Å². The van der Waals surface area contributed by atoms with Gasteiger partial charge in [0.05, 0.1) is 6.10 Å². The van der Waals surface area contributed by atoms with Crippen LogP contribution in [-0.2, 0) is 6.42 Å². The van der Waals surface area contributed by atoms with Crippen LogP contribution in [0.25, 0.3) is 0 Å². The van der Waals surface area contributed by atoms with Gasteiger partial charge >= 0.3 is 0 Å². The second-order valence-corrected chi connectivity index (χ2v) is 5.77. The Morgan fingerprint density at radius 1 is 1.26 bits per heavy atom. The van der Waals surface area contributed by atoms with Gasteiger partial charge in [0, 0.05) is 18.7 Å². The SMILES string of the molecule is O=C1c2ccccc2CCN1CC(O)C1CCCC1. The van der Waals surface area contributed by atoms with E-state index in [0.717, 1.165) is 36.9 Å². The normalized spacial score (nSPS) is 21.5. The molecule has 1 N–H and O–H groups in total. The summed E-state index contributed by atoms with van der Waals surface area (Å²) in [5.74, 6) is 0.476. The average Bonchev–Trinajstić information content (AvgIpc) is 2.96. The van der Waals surface area contributed by atoms with Crippen molar-refractivity contribution in [2.45, 2.75) is 38.2 Å². The fraction of sp³-hybridized carbons (Fsp3) is 0.562. The third-order valence-corrected chi connectivity index (χ3v) is 4.54. The third-order valence-electron chi connectivity index (χ3n) is 4.54. The highest BCUT2D eigenvalue weighted by molar-refractivity contribution is 5.96. The molecule has 1 aliphatic heterocycles. The number of hydrogen-bond donors (Lipinski definition) is 1. The molecule has 3 nitrogen and oxygen atoms in total. The molecule has 0 radical (unpaired) electrons. The molecule has 1 unspecified atom stereocenters. The first-order valence-corrected chi connectivity index (χ1v) is 7.31. The molecule has 0 spiro atoms. The van der Waals surface area contributed by atoms with Crippen LogP contribution in [0.15, 0.2) is 24.3 Å². The van der Waals surface area contributed by atoms with E-state index in [-0.39, 0.29) is 12.0 Å². The van der Waals surface area contributed by atoms with E-state index in [1.807, 2.05) is 29.2 Å². The summed E-state index contributed by atoms with van der Waals surface area (Å²) in [6.45, 7) is 1.23. The van der Waals surface area contributed by atoms with Crippen molar-refractivity contribution in [3.05, 3.63) is 35.4 Å². The molecule has 1 heterocycles. The summed E-state index contributed by atoms with van der Waals surface area (Å²) in [6, 6.07) is 7.81. The van der Waals surface area contributed by atoms with Gasteiger partial charge in [-0.25, -0.2) is 0 Å². The molecule has 1 aromatic rings. The quantitative estimate of drug-likeness (QED) is 0.904. The van der Waals surface area contributed by atoms with Crippen molar-refractivity contribution in [3.63, 3.8) is 0 Å². The molecule has 1 aromatic carbocycles. The first-order chi connectivity index (χ1) is 9.25. The molecule has 19 heavy (non-hydrogen) atoms. The van der Waals surface area contributed by atoms with Crippen LogP contribution >= 0.6 is 0 Å². The fourth-order valence-corrected chi connectivity index (χ4v) is 3.37. The van der Waals surface area contributed by atoms with Crippen LogP contribution in [-0.4, -0.2) is 35.1 Å². The molecule has 0 aromatic heterocycles. The Bertz CT molecular complexity index is 466. The second kappa shape index (κ2) is 5.33. The number of benzene rings is 1. The molecule has 2 aliphatic rings. The first-order valence-electron chi connectivity index (χ1n) is 7.31. The van der Waals surface area contributed by atoms with E-state index in [2.05, 4.69) is 0 Å². The lowest BCUT2D eigenvalue weighted by Gasteiger charge is -2.31. The van der Waals surface area contributed by atoms with Gasteiger partial charge in [-0.05, 0) is 36.8 Å². The Morgan fingerprint density at radius 2 is 2.00 bits per heavy atom. The number of fused-ring (bicyclic) bond motifs is 1. The molecule has 102 valence electrons. The minimum absolute atomic E-state index is 0.0823. The molecule has 1 amide bonds. The molecule has 1 aliphatic carbocycles. The summed E-state index contributed by atoms with van der Waals surface area (Å²) in [6.07, 6.45) is 5.22. The van der Waals surface area contributed by atoms with E-state index in [1.54, 1.807) is 0 Å². The largest absolute Gasteiger partial charge is 0.391 e. The number of carbonyl (C=O) groups is 1. The Labute approximate surface area is 114 Å². The van der Waals surface area contributed by atoms with Gasteiger partial charge in [0.15, 0.2) is 0 Å². The number of rotatable bonds is 3. The van der Waals surface area contributed by atoms with Crippen LogP contribution < -0.4 is 0 Å². The zero-order valence-electron chi connectivity index (χ0n) is 11.2. The van der Waals surface area contributed by atoms with Crippen molar-refractivity contribution >= 4 is 5.91 Å². The molecule has 1 atom stereocenters. The fourth-order valence-electron chi connectivity index (χ4n) is 3.37. The molecule has 1 fully saturated rings. The highest BCUT2D eigenvalue weighted by atomic mass is 16.3. The predicted octanol–water partition coefficient (Wildman–Crippen LogP) is 2.24. The lowest BCUT2D eigenvalue weighted by Crippen LogP contribution is -2.43. The lowest BCUT2D eigenvalue weighted by atomic mass is 9.96. The topological polar surface area (TPSA) is 40.5 Å². The lowest BCUT2D eigenvalue weighted by molar-refractivity contribution is 0.0464. The van der Waals surface area contributed by atoms with Gasteiger partial charge in [-0.1, -0.05) is 31.0 Å². The summed E-state index contributed by atoms with van der Waals surface area (Å²) < 4.78 is 0. The van der Waals surface area contributed by atoms with E-state index in [4.69, 9.17) is 0 Å². The summed E-state index contributed by atoms with van der Waals surface area (Å²) in [4.78, 5) is 14.2. The maximum Gasteiger partial charge on any atom is 0.254 e. The third kappa shape index (κ3) is 2.52. The van der Waals surface area contributed by atoms with Crippen LogP contribution in [0.1, 0.15) is 41.6 Å².